The van der Waals surface area contributed by atoms with Gasteiger partial charge in [-0.2, -0.15) is 0 Å². The normalized spacial score (nSPS) is 15.3. The fraction of sp³-hybridized carbons (Fsp3) is 0.308. The van der Waals surface area contributed by atoms with Gasteiger partial charge in [-0.05, 0) is 59.5 Å². The van der Waals surface area contributed by atoms with Crippen LogP contribution in [0.15, 0.2) is 66.7 Å². The highest BCUT2D eigenvalue weighted by molar-refractivity contribution is 5.50. The summed E-state index contributed by atoms with van der Waals surface area (Å²) in [6.07, 6.45) is 0.619. The quantitative estimate of drug-likeness (QED) is 0.487. The fourth-order valence-corrected chi connectivity index (χ4v) is 4.47. The van der Waals surface area contributed by atoms with E-state index in [2.05, 4.69) is 9.80 Å². The molecule has 3 aromatic carbocycles. The Morgan fingerprint density at radius 1 is 0.824 bits per heavy atom. The molecular weight excluding hydrogens is 434 g/mol. The van der Waals surface area contributed by atoms with Crippen LogP contribution in [0.25, 0.3) is 0 Å². The number of methoxy groups -OCH3 is 2. The van der Waals surface area contributed by atoms with Gasteiger partial charge in [0.2, 0.25) is 0 Å². The second-order valence-corrected chi connectivity index (χ2v) is 8.38. The van der Waals surface area contributed by atoms with Crippen molar-refractivity contribution in [2.45, 2.75) is 25.7 Å². The van der Waals surface area contributed by atoms with Gasteiger partial charge in [-0.15, -0.1) is 11.0 Å². The number of benzene rings is 3. The van der Waals surface area contributed by atoms with Crippen molar-refractivity contribution >= 4 is 5.69 Å². The molecule has 3 aromatic rings. The van der Waals surface area contributed by atoms with Crippen molar-refractivity contribution in [2.24, 2.45) is 0 Å². The van der Waals surface area contributed by atoms with Crippen LogP contribution in [0, 0.1) is 0 Å². The SMILES string of the molecule is COc1ccc(CN2CCCN(Cc3ccc(OC)cc3)C2c2cc(N(O)O)ccc2[O-])cc1. The summed E-state index contributed by atoms with van der Waals surface area (Å²) in [5, 5.41) is 32.2. The minimum atomic E-state index is -0.328. The van der Waals surface area contributed by atoms with Gasteiger partial charge < -0.3 is 14.6 Å². The molecule has 0 radical (unpaired) electrons. The van der Waals surface area contributed by atoms with E-state index in [-0.39, 0.29) is 22.8 Å². The van der Waals surface area contributed by atoms with E-state index < -0.39 is 0 Å². The van der Waals surface area contributed by atoms with Crippen molar-refractivity contribution in [1.82, 2.24) is 9.80 Å². The standard InChI is InChI=1S/C26H31N3O5/c1-33-22-9-4-19(5-10-22)17-27-14-3-15-28(18-20-6-11-23(34-2)12-7-20)26(27)24-16-21(29(31)32)8-13-25(24)30/h4-13,16,26,30-32H,3,14-15,17-18H2,1-2H3/p-1. The van der Waals surface area contributed by atoms with E-state index in [4.69, 9.17) is 9.47 Å². The van der Waals surface area contributed by atoms with E-state index in [1.165, 1.54) is 12.1 Å². The summed E-state index contributed by atoms with van der Waals surface area (Å²) in [6, 6.07) is 20.2. The predicted molar refractivity (Wildman–Crippen MR) is 126 cm³/mol. The second kappa shape index (κ2) is 10.8. The van der Waals surface area contributed by atoms with E-state index in [1.54, 1.807) is 20.3 Å². The third-order valence-corrected chi connectivity index (χ3v) is 6.17. The first-order valence-electron chi connectivity index (χ1n) is 11.2. The van der Waals surface area contributed by atoms with Crippen molar-refractivity contribution in [1.29, 1.82) is 0 Å². The first-order valence-corrected chi connectivity index (χ1v) is 11.2. The van der Waals surface area contributed by atoms with E-state index in [1.807, 2.05) is 48.5 Å². The Labute approximate surface area is 199 Å². The molecular formula is C26H30N3O5-. The van der Waals surface area contributed by atoms with E-state index in [9.17, 15) is 15.5 Å². The Morgan fingerprint density at radius 3 is 1.76 bits per heavy atom. The molecule has 2 N–H and O–H groups in total. The van der Waals surface area contributed by atoms with Crippen LogP contribution in [-0.2, 0) is 13.1 Å². The summed E-state index contributed by atoms with van der Waals surface area (Å²) in [5.74, 6) is 1.44. The Morgan fingerprint density at radius 2 is 1.32 bits per heavy atom. The van der Waals surface area contributed by atoms with Gasteiger partial charge in [-0.1, -0.05) is 30.3 Å². The molecule has 8 nitrogen and oxygen atoms in total. The highest BCUT2D eigenvalue weighted by Crippen LogP contribution is 2.37. The van der Waals surface area contributed by atoms with Crippen LogP contribution in [0.3, 0.4) is 0 Å². The highest BCUT2D eigenvalue weighted by atomic mass is 16.8. The Bertz CT molecular complexity index is 1020. The maximum atomic E-state index is 13.0. The smallest absolute Gasteiger partial charge is 0.118 e. The van der Waals surface area contributed by atoms with Crippen molar-refractivity contribution in [3.05, 3.63) is 83.4 Å². The molecule has 1 saturated heterocycles. The van der Waals surface area contributed by atoms with Gasteiger partial charge in [0.15, 0.2) is 0 Å². The minimum absolute atomic E-state index is 0.0490. The first-order chi connectivity index (χ1) is 16.5. The van der Waals surface area contributed by atoms with Crippen LogP contribution < -0.4 is 19.8 Å². The lowest BCUT2D eigenvalue weighted by Gasteiger charge is -2.46. The molecule has 0 spiro atoms. The largest absolute Gasteiger partial charge is 0.872 e. The fourth-order valence-electron chi connectivity index (χ4n) is 4.47. The summed E-state index contributed by atoms with van der Waals surface area (Å²) < 4.78 is 10.6. The summed E-state index contributed by atoms with van der Waals surface area (Å²) in [4.78, 5) is 4.52. The molecule has 1 heterocycles. The summed E-state index contributed by atoms with van der Waals surface area (Å²) in [5.41, 5.74) is 2.86. The van der Waals surface area contributed by atoms with Crippen molar-refractivity contribution < 1.29 is 25.0 Å². The summed E-state index contributed by atoms with van der Waals surface area (Å²) >= 11 is 0. The van der Waals surface area contributed by atoms with E-state index in [0.717, 1.165) is 42.1 Å². The molecule has 0 aliphatic carbocycles. The number of nitrogens with zero attached hydrogens (tertiary/aromatic N) is 3. The topological polar surface area (TPSA) is 91.7 Å². The predicted octanol–water partition coefficient (Wildman–Crippen LogP) is 3.77. The number of ether oxygens (including phenoxy) is 2. The van der Waals surface area contributed by atoms with Gasteiger partial charge in [0.1, 0.15) is 11.5 Å². The lowest BCUT2D eigenvalue weighted by atomic mass is 10.0. The van der Waals surface area contributed by atoms with Gasteiger partial charge in [0.05, 0.1) is 26.1 Å². The van der Waals surface area contributed by atoms with Crippen molar-refractivity contribution in [3.63, 3.8) is 0 Å². The number of hydrogen-bond acceptors (Lipinski definition) is 8. The monoisotopic (exact) mass is 464 g/mol. The van der Waals surface area contributed by atoms with Crippen LogP contribution in [-0.4, -0.2) is 47.5 Å². The zero-order chi connectivity index (χ0) is 24.1. The molecule has 1 aliphatic heterocycles. The van der Waals surface area contributed by atoms with Crippen molar-refractivity contribution in [3.8, 4) is 17.2 Å². The molecule has 4 rings (SSSR count). The van der Waals surface area contributed by atoms with E-state index in [0.29, 0.717) is 18.7 Å². The van der Waals surface area contributed by atoms with Crippen LogP contribution in [0.4, 0.5) is 5.69 Å². The zero-order valence-corrected chi connectivity index (χ0v) is 19.4. The maximum absolute atomic E-state index is 13.0. The molecule has 8 heteroatoms. The second-order valence-electron chi connectivity index (χ2n) is 8.38. The van der Waals surface area contributed by atoms with Gasteiger partial charge in [0.25, 0.3) is 0 Å². The third kappa shape index (κ3) is 5.43. The number of hydrogen-bond donors (Lipinski definition) is 2. The van der Waals surface area contributed by atoms with Gasteiger partial charge in [-0.3, -0.25) is 20.2 Å². The van der Waals surface area contributed by atoms with Gasteiger partial charge >= 0.3 is 0 Å². The Balaban J connectivity index is 1.68. The van der Waals surface area contributed by atoms with Crippen LogP contribution >= 0.6 is 0 Å². The number of rotatable bonds is 8. The molecule has 1 fully saturated rings. The average Bonchev–Trinajstić information content (AvgIpc) is 2.85. The van der Waals surface area contributed by atoms with Crippen molar-refractivity contribution in [2.75, 3.05) is 32.5 Å². The van der Waals surface area contributed by atoms with Gasteiger partial charge in [-0.25, -0.2) is 0 Å². The molecule has 34 heavy (non-hydrogen) atoms. The van der Waals surface area contributed by atoms with E-state index >= 15 is 0 Å². The summed E-state index contributed by atoms with van der Waals surface area (Å²) in [6.45, 7) is 2.89. The zero-order valence-electron chi connectivity index (χ0n) is 19.4. The average molecular weight is 465 g/mol. The molecule has 1 aliphatic rings. The molecule has 0 aromatic heterocycles. The lowest BCUT2D eigenvalue weighted by molar-refractivity contribution is -0.271. The van der Waals surface area contributed by atoms with Gasteiger partial charge in [0, 0.05) is 26.2 Å². The molecule has 180 valence electrons. The molecule has 0 amide bonds. The Hall–Kier alpha value is -3.30. The lowest BCUT2D eigenvalue weighted by Crippen LogP contribution is -2.47. The summed E-state index contributed by atoms with van der Waals surface area (Å²) in [7, 11) is 3.28. The van der Waals surface area contributed by atoms with Crippen LogP contribution in [0.2, 0.25) is 0 Å². The van der Waals surface area contributed by atoms with Crippen LogP contribution in [0.5, 0.6) is 17.2 Å². The molecule has 0 unspecified atom stereocenters. The molecule has 0 atom stereocenters. The molecule has 0 saturated carbocycles. The molecule has 0 bridgehead atoms. The minimum Gasteiger partial charge on any atom is -0.872 e. The maximum Gasteiger partial charge on any atom is 0.118 e. The first kappa shape index (κ1) is 23.8. The number of anilines is 1. The van der Waals surface area contributed by atoms with Crippen LogP contribution in [0.1, 0.15) is 29.3 Å². The Kier molecular flexibility index (Phi) is 7.54. The highest BCUT2D eigenvalue weighted by Gasteiger charge is 2.31. The third-order valence-electron chi connectivity index (χ3n) is 6.17.